The van der Waals surface area contributed by atoms with Crippen molar-refractivity contribution in [2.45, 2.75) is 0 Å². The van der Waals surface area contributed by atoms with Crippen LogP contribution < -0.4 is 0 Å². The molecule has 0 atom stereocenters. The van der Waals surface area contributed by atoms with Crippen molar-refractivity contribution in [3.05, 3.63) is 158 Å². The van der Waals surface area contributed by atoms with Crippen molar-refractivity contribution in [2.75, 3.05) is 0 Å². The summed E-state index contributed by atoms with van der Waals surface area (Å²) in [6, 6.07) is 58.2. The lowest BCUT2D eigenvalue weighted by molar-refractivity contribution is 1.69. The maximum atomic E-state index is 2.37. The van der Waals surface area contributed by atoms with E-state index in [-0.39, 0.29) is 0 Å². The molecule has 42 heavy (non-hydrogen) atoms. The van der Waals surface area contributed by atoms with Gasteiger partial charge in [0.1, 0.15) is 0 Å². The molecule has 0 nitrogen and oxygen atoms in total. The van der Waals surface area contributed by atoms with E-state index in [0.717, 1.165) is 0 Å². The number of benzene rings is 9. The van der Waals surface area contributed by atoms with Crippen LogP contribution in [-0.4, -0.2) is 0 Å². The molecule has 194 valence electrons. The van der Waals surface area contributed by atoms with E-state index in [9.17, 15) is 0 Å². The van der Waals surface area contributed by atoms with Gasteiger partial charge in [-0.1, -0.05) is 133 Å². The molecule has 0 radical (unpaired) electrons. The largest absolute Gasteiger partial charge is 0.0616 e. The van der Waals surface area contributed by atoms with Crippen LogP contribution in [0.3, 0.4) is 0 Å². The molecular formula is C42H26. The first kappa shape index (κ1) is 23.3. The average Bonchev–Trinajstić information content (AvgIpc) is 3.05. The molecule has 0 heterocycles. The van der Waals surface area contributed by atoms with Crippen molar-refractivity contribution in [1.29, 1.82) is 0 Å². The third-order valence-electron chi connectivity index (χ3n) is 8.96. The summed E-state index contributed by atoms with van der Waals surface area (Å²) in [7, 11) is 0. The Kier molecular flexibility index (Phi) is 5.00. The van der Waals surface area contributed by atoms with Gasteiger partial charge in [-0.05, 0) is 111 Å². The zero-order valence-electron chi connectivity index (χ0n) is 23.0. The van der Waals surface area contributed by atoms with E-state index in [0.29, 0.717) is 0 Å². The number of hydrogen-bond acceptors (Lipinski definition) is 0. The zero-order chi connectivity index (χ0) is 27.6. The fourth-order valence-electron chi connectivity index (χ4n) is 7.08. The maximum Gasteiger partial charge on any atom is -0.00201 e. The van der Waals surface area contributed by atoms with E-state index < -0.39 is 0 Å². The highest BCUT2D eigenvalue weighted by Crippen LogP contribution is 2.47. The number of hydrogen-bond donors (Lipinski definition) is 0. The summed E-state index contributed by atoms with van der Waals surface area (Å²) in [6.45, 7) is 0. The molecular weight excluding hydrogens is 504 g/mol. The zero-order valence-corrected chi connectivity index (χ0v) is 23.0. The minimum Gasteiger partial charge on any atom is -0.0616 e. The minimum absolute atomic E-state index is 1.27. The van der Waals surface area contributed by atoms with Crippen molar-refractivity contribution in [2.24, 2.45) is 0 Å². The normalized spacial score (nSPS) is 11.8. The highest BCUT2D eigenvalue weighted by molar-refractivity contribution is 6.26. The third kappa shape index (κ3) is 3.42. The molecule has 0 heteroatoms. The number of fused-ring (bicyclic) bond motifs is 6. The van der Waals surface area contributed by atoms with E-state index in [1.807, 2.05) is 0 Å². The molecule has 0 N–H and O–H groups in total. The summed E-state index contributed by atoms with van der Waals surface area (Å²) in [6.07, 6.45) is 0. The molecule has 0 aliphatic rings. The summed E-state index contributed by atoms with van der Waals surface area (Å²) in [5.41, 5.74) is 5.16. The fourth-order valence-corrected chi connectivity index (χ4v) is 7.08. The second-order valence-corrected chi connectivity index (χ2v) is 11.3. The van der Waals surface area contributed by atoms with Crippen LogP contribution in [0, 0.1) is 0 Å². The molecule has 9 aromatic rings. The van der Waals surface area contributed by atoms with Crippen LogP contribution >= 0.6 is 0 Å². The molecule has 0 spiro atoms. The highest BCUT2D eigenvalue weighted by Gasteiger charge is 2.19. The average molecular weight is 531 g/mol. The monoisotopic (exact) mass is 530 g/mol. The predicted octanol–water partition coefficient (Wildman–Crippen LogP) is 11.9. The van der Waals surface area contributed by atoms with Crippen molar-refractivity contribution in [3.8, 4) is 22.3 Å². The Hall–Kier alpha value is -5.46. The minimum atomic E-state index is 1.27. The summed E-state index contributed by atoms with van der Waals surface area (Å²) >= 11 is 0. The van der Waals surface area contributed by atoms with Crippen LogP contribution in [0.25, 0.3) is 86.9 Å². The smallest absolute Gasteiger partial charge is 0.00201 e. The van der Waals surface area contributed by atoms with Gasteiger partial charge >= 0.3 is 0 Å². The predicted molar refractivity (Wildman–Crippen MR) is 182 cm³/mol. The molecule has 0 saturated heterocycles. The Morgan fingerprint density at radius 2 is 0.524 bits per heavy atom. The first-order valence-electron chi connectivity index (χ1n) is 14.6. The summed E-state index contributed by atoms with van der Waals surface area (Å²) in [4.78, 5) is 0. The molecule has 0 unspecified atom stereocenters. The second-order valence-electron chi connectivity index (χ2n) is 11.3. The Balaban J connectivity index is 1.43. The Morgan fingerprint density at radius 1 is 0.214 bits per heavy atom. The van der Waals surface area contributed by atoms with Crippen LogP contribution in [0.15, 0.2) is 158 Å². The van der Waals surface area contributed by atoms with E-state index in [1.54, 1.807) is 0 Å². The molecule has 0 bridgehead atoms. The van der Waals surface area contributed by atoms with Crippen LogP contribution in [0.2, 0.25) is 0 Å². The van der Waals surface area contributed by atoms with Gasteiger partial charge in [0.15, 0.2) is 0 Å². The Labute approximate surface area is 244 Å². The lowest BCUT2D eigenvalue weighted by Crippen LogP contribution is -1.92. The van der Waals surface area contributed by atoms with Crippen LogP contribution in [0.4, 0.5) is 0 Å². The maximum absolute atomic E-state index is 2.37. The Bertz CT molecular complexity index is 2280. The van der Waals surface area contributed by atoms with Crippen LogP contribution in [0.1, 0.15) is 0 Å². The summed E-state index contributed by atoms with van der Waals surface area (Å²) in [5, 5.41) is 15.3. The molecule has 0 amide bonds. The molecule has 0 aliphatic heterocycles. The van der Waals surface area contributed by atoms with Crippen molar-refractivity contribution < 1.29 is 0 Å². The van der Waals surface area contributed by atoms with E-state index in [1.165, 1.54) is 86.9 Å². The van der Waals surface area contributed by atoms with E-state index >= 15 is 0 Å². The van der Waals surface area contributed by atoms with Gasteiger partial charge in [-0.15, -0.1) is 0 Å². The van der Waals surface area contributed by atoms with Gasteiger partial charge < -0.3 is 0 Å². The third-order valence-corrected chi connectivity index (χ3v) is 8.96. The quantitative estimate of drug-likeness (QED) is 0.195. The Morgan fingerprint density at radius 3 is 0.905 bits per heavy atom. The van der Waals surface area contributed by atoms with E-state index in [2.05, 4.69) is 158 Å². The van der Waals surface area contributed by atoms with Gasteiger partial charge in [0, 0.05) is 0 Å². The van der Waals surface area contributed by atoms with Gasteiger partial charge in [0.05, 0.1) is 0 Å². The van der Waals surface area contributed by atoms with Gasteiger partial charge in [-0.2, -0.15) is 0 Å². The molecule has 0 aliphatic carbocycles. The number of rotatable bonds is 2. The summed E-state index contributed by atoms with van der Waals surface area (Å²) < 4.78 is 0. The van der Waals surface area contributed by atoms with Crippen molar-refractivity contribution >= 4 is 64.6 Å². The van der Waals surface area contributed by atoms with Gasteiger partial charge in [-0.3, -0.25) is 0 Å². The van der Waals surface area contributed by atoms with Crippen LogP contribution in [-0.2, 0) is 0 Å². The van der Waals surface area contributed by atoms with Crippen molar-refractivity contribution in [3.63, 3.8) is 0 Å². The molecule has 0 aromatic heterocycles. The first-order valence-corrected chi connectivity index (χ1v) is 14.6. The van der Waals surface area contributed by atoms with Gasteiger partial charge in [0.2, 0.25) is 0 Å². The lowest BCUT2D eigenvalue weighted by atomic mass is 9.83. The summed E-state index contributed by atoms with van der Waals surface area (Å²) in [5.74, 6) is 0. The molecule has 0 fully saturated rings. The first-order chi connectivity index (χ1) is 20.8. The molecule has 9 aromatic carbocycles. The molecule has 9 rings (SSSR count). The van der Waals surface area contributed by atoms with Gasteiger partial charge in [0.25, 0.3) is 0 Å². The topological polar surface area (TPSA) is 0 Å². The van der Waals surface area contributed by atoms with Crippen LogP contribution in [0.5, 0.6) is 0 Å². The van der Waals surface area contributed by atoms with Gasteiger partial charge in [-0.25, -0.2) is 0 Å². The lowest BCUT2D eigenvalue weighted by Gasteiger charge is -2.20. The standard InChI is InChI=1S/C42H26/c1-3-13-29-25-39-31(23-27(29)11-1)15-9-21-37(39)41-33-17-5-7-19-35(33)42(36-20-8-6-18-34(36)41)38-22-10-16-32-24-28-12-2-4-14-30(28)26-40(32)38/h1-26H. The van der Waals surface area contributed by atoms with E-state index in [4.69, 9.17) is 0 Å². The molecule has 0 saturated carbocycles. The van der Waals surface area contributed by atoms with Crippen molar-refractivity contribution in [1.82, 2.24) is 0 Å². The fraction of sp³-hybridized carbons (Fsp3) is 0. The highest BCUT2D eigenvalue weighted by atomic mass is 14.2. The SMILES string of the molecule is c1ccc2cc3c(-c4c5ccccc5c(-c5cccc6cc7ccccc7cc56)c5ccccc45)cccc3cc2c1. The second kappa shape index (κ2) is 9.03.